The van der Waals surface area contributed by atoms with E-state index in [0.717, 1.165) is 0 Å². The molecule has 0 amide bonds. The molecule has 0 aliphatic heterocycles. The van der Waals surface area contributed by atoms with E-state index in [2.05, 4.69) is 10.7 Å². The summed E-state index contributed by atoms with van der Waals surface area (Å²) < 4.78 is 0. The van der Waals surface area contributed by atoms with Crippen LogP contribution in [0.15, 0.2) is 0 Å². The first-order valence-corrected chi connectivity index (χ1v) is 2.41. The van der Waals surface area contributed by atoms with Gasteiger partial charge in [-0.15, -0.1) is 0 Å². The molecule has 0 aromatic carbocycles. The second-order valence-electron chi connectivity index (χ2n) is 0.327. The fourth-order valence-electron chi connectivity index (χ4n) is 0. The molecule has 4 heteroatoms. The van der Waals surface area contributed by atoms with Gasteiger partial charge in [0.2, 0.25) is 0 Å². The number of hydrogen-bond donors (Lipinski definition) is 0. The maximum Gasteiger partial charge on any atom is 0.114 e. The van der Waals surface area contributed by atoms with Gasteiger partial charge in [-0.2, -0.15) is 0 Å². The van der Waals surface area contributed by atoms with Crippen LogP contribution in [0, 0.1) is 0 Å². The fourth-order valence-corrected chi connectivity index (χ4v) is 0. The van der Waals surface area contributed by atoms with Crippen LogP contribution in [0.25, 0.3) is 0 Å². The average Bonchev–Trinajstić information content (AvgIpc) is 1.38. The summed E-state index contributed by atoms with van der Waals surface area (Å²) in [5.41, 5.74) is 0. The lowest BCUT2D eigenvalue weighted by atomic mass is 11.6. The summed E-state index contributed by atoms with van der Waals surface area (Å²) in [4.78, 5) is 9.09. The Morgan fingerprint density at radius 1 is 2.00 bits per heavy atom. The average molecular weight is 112 g/mol. The van der Waals surface area contributed by atoms with Crippen LogP contribution in [0.1, 0.15) is 0 Å². The van der Waals surface area contributed by atoms with Gasteiger partial charge >= 0.3 is 0 Å². The maximum atomic E-state index is 9.09. The molecule has 0 bridgehead atoms. The summed E-state index contributed by atoms with van der Waals surface area (Å²) in [6, 6.07) is 0. The van der Waals surface area contributed by atoms with E-state index in [1.54, 1.807) is 0 Å². The van der Waals surface area contributed by atoms with E-state index in [-0.39, 0.29) is 11.0 Å². The molecule has 0 fully saturated rings. The molecular weight excluding hydrogens is 112 g/mol. The molecule has 30 valence electrons. The van der Waals surface area contributed by atoms with Crippen molar-refractivity contribution in [2.75, 3.05) is 0 Å². The van der Waals surface area contributed by atoms with Crippen molar-refractivity contribution < 1.29 is 9.90 Å². The Morgan fingerprint density at radius 3 is 2.20 bits per heavy atom. The van der Waals surface area contributed by atoms with E-state index in [9.17, 15) is 0 Å². The summed E-state index contributed by atoms with van der Waals surface area (Å²) in [5, 5.41) is 7.77. The minimum absolute atomic E-state index is 0.157. The first-order chi connectivity index (χ1) is 2.27. The zero-order valence-corrected chi connectivity index (χ0v) is 3.68. The van der Waals surface area contributed by atoms with Crippen molar-refractivity contribution in [2.45, 2.75) is 0 Å². The van der Waals surface area contributed by atoms with Crippen LogP contribution in [0.5, 0.6) is 0 Å². The van der Waals surface area contributed by atoms with Gasteiger partial charge < -0.3 is 9.90 Å². The molecular formula is CClO2S-. The standard InChI is InChI=1S/CHClO2S/c2-5-1(3)4/h(H,3,4)/p-1. The molecule has 0 aliphatic rings. The van der Waals surface area contributed by atoms with Crippen LogP contribution in [-0.2, 0) is 0 Å². The third-order valence-corrected chi connectivity index (χ3v) is 0.567. The number of carboxylic acid groups (broad SMARTS) is 1. The van der Waals surface area contributed by atoms with Crippen LogP contribution >= 0.6 is 21.7 Å². The van der Waals surface area contributed by atoms with Crippen molar-refractivity contribution >= 4 is 27.0 Å². The first-order valence-electron chi connectivity index (χ1n) is 0.767. The van der Waals surface area contributed by atoms with Crippen molar-refractivity contribution in [1.29, 1.82) is 0 Å². The molecule has 0 aromatic rings. The van der Waals surface area contributed by atoms with Crippen LogP contribution < -0.4 is 5.11 Å². The van der Waals surface area contributed by atoms with Gasteiger partial charge in [-0.05, 0) is 21.7 Å². The van der Waals surface area contributed by atoms with E-state index in [1.807, 2.05) is 0 Å². The zero-order valence-electron chi connectivity index (χ0n) is 2.10. The van der Waals surface area contributed by atoms with Crippen LogP contribution in [0.2, 0.25) is 0 Å². The predicted molar refractivity (Wildman–Crippen MR) is 18.8 cm³/mol. The lowest BCUT2D eigenvalue weighted by Crippen LogP contribution is -2.13. The van der Waals surface area contributed by atoms with Crippen LogP contribution in [-0.4, -0.2) is 5.30 Å². The highest BCUT2D eigenvalue weighted by molar-refractivity contribution is 8.32. The number of carbonyl (C=O) groups excluding carboxylic acids is 1. The molecule has 0 aliphatic carbocycles. The Bertz CT molecular complexity index is 44.9. The van der Waals surface area contributed by atoms with E-state index in [1.165, 1.54) is 0 Å². The molecule has 0 atom stereocenters. The van der Waals surface area contributed by atoms with Gasteiger partial charge in [0.05, 0.1) is 0 Å². The topological polar surface area (TPSA) is 40.1 Å². The Morgan fingerprint density at radius 2 is 2.20 bits per heavy atom. The Labute approximate surface area is 37.6 Å². The smallest absolute Gasteiger partial charge is 0.114 e. The lowest BCUT2D eigenvalue weighted by Gasteiger charge is -1.83. The largest absolute Gasteiger partial charge is 0.537 e. The number of halogens is 1. The SMILES string of the molecule is O=C([O-])SCl. The molecule has 0 heterocycles. The summed E-state index contributed by atoms with van der Waals surface area (Å²) >= 11 is 0. The van der Waals surface area contributed by atoms with E-state index >= 15 is 0 Å². The molecule has 0 rings (SSSR count). The number of hydrogen-bond acceptors (Lipinski definition) is 3. The predicted octanol–water partition coefficient (Wildman–Crippen LogP) is 0.217. The molecule has 0 radical (unpaired) electrons. The van der Waals surface area contributed by atoms with Gasteiger partial charge in [0.25, 0.3) is 0 Å². The minimum atomic E-state index is -1.31. The molecule has 0 unspecified atom stereocenters. The van der Waals surface area contributed by atoms with E-state index < -0.39 is 5.30 Å². The maximum absolute atomic E-state index is 9.09. The second kappa shape index (κ2) is 2.35. The number of carbonyl (C=O) groups is 1. The lowest BCUT2D eigenvalue weighted by molar-refractivity contribution is -0.232. The highest BCUT2D eigenvalue weighted by Gasteiger charge is 1.69. The van der Waals surface area contributed by atoms with Crippen LogP contribution in [0.3, 0.4) is 0 Å². The molecule has 2 nitrogen and oxygen atoms in total. The normalized spacial score (nSPS) is 7.40. The van der Waals surface area contributed by atoms with Crippen molar-refractivity contribution in [3.05, 3.63) is 0 Å². The fraction of sp³-hybridized carbons (Fsp3) is 0. The highest BCUT2D eigenvalue weighted by atomic mass is 35.7. The minimum Gasteiger partial charge on any atom is -0.537 e. The molecule has 0 N–H and O–H groups in total. The first kappa shape index (κ1) is 5.11. The molecule has 0 saturated carbocycles. The van der Waals surface area contributed by atoms with Gasteiger partial charge in [0.15, 0.2) is 0 Å². The zero-order chi connectivity index (χ0) is 4.28. The third kappa shape index (κ3) is 4.11. The van der Waals surface area contributed by atoms with Gasteiger partial charge in [-0.1, -0.05) is 0 Å². The monoisotopic (exact) mass is 111 g/mol. The van der Waals surface area contributed by atoms with Gasteiger partial charge in [-0.3, -0.25) is 0 Å². The molecule has 0 saturated heterocycles. The van der Waals surface area contributed by atoms with Gasteiger partial charge in [-0.25, -0.2) is 0 Å². The summed E-state index contributed by atoms with van der Waals surface area (Å²) in [7, 11) is 4.75. The molecule has 5 heavy (non-hydrogen) atoms. The van der Waals surface area contributed by atoms with Crippen LogP contribution in [0.4, 0.5) is 4.79 Å². The molecule has 0 aromatic heterocycles. The quantitative estimate of drug-likeness (QED) is 0.449. The third-order valence-electron chi connectivity index (χ3n) is 0.0630. The summed E-state index contributed by atoms with van der Waals surface area (Å²) in [6.45, 7) is 0. The summed E-state index contributed by atoms with van der Waals surface area (Å²) in [5.74, 6) is 0. The van der Waals surface area contributed by atoms with Crippen molar-refractivity contribution in [3.8, 4) is 0 Å². The van der Waals surface area contributed by atoms with Crippen molar-refractivity contribution in [3.63, 3.8) is 0 Å². The molecule has 0 spiro atoms. The van der Waals surface area contributed by atoms with Gasteiger partial charge in [0, 0.05) is 0 Å². The van der Waals surface area contributed by atoms with Crippen molar-refractivity contribution in [1.82, 2.24) is 0 Å². The second-order valence-corrected chi connectivity index (χ2v) is 1.28. The Kier molecular flexibility index (Phi) is 2.41. The number of rotatable bonds is 0. The summed E-state index contributed by atoms with van der Waals surface area (Å²) in [6.07, 6.45) is 0. The Hall–Kier alpha value is 0.110. The van der Waals surface area contributed by atoms with E-state index in [0.29, 0.717) is 0 Å². The van der Waals surface area contributed by atoms with Gasteiger partial charge in [0.1, 0.15) is 5.30 Å². The highest BCUT2D eigenvalue weighted by Crippen LogP contribution is 2.01. The van der Waals surface area contributed by atoms with Crippen molar-refractivity contribution in [2.24, 2.45) is 0 Å². The van der Waals surface area contributed by atoms with E-state index in [4.69, 9.17) is 9.90 Å². The Balaban J connectivity index is 2.85.